The smallest absolute Gasteiger partial charge is 0.231 e. The highest BCUT2D eigenvalue weighted by Crippen LogP contribution is 2.32. The standard InChI is InChI=1S/C14H10N2O3/c15-7-11-6-12(3-4-16-11)17-8-10-1-2-13-14(5-10)19-9-18-13/h1-6H,8-9H2. The summed E-state index contributed by atoms with van der Waals surface area (Å²) < 4.78 is 16.1. The van der Waals surface area contributed by atoms with Crippen molar-refractivity contribution in [2.45, 2.75) is 6.61 Å². The molecule has 5 nitrogen and oxygen atoms in total. The van der Waals surface area contributed by atoms with E-state index in [9.17, 15) is 0 Å². The molecule has 2 heterocycles. The summed E-state index contributed by atoms with van der Waals surface area (Å²) in [7, 11) is 0. The van der Waals surface area contributed by atoms with Crippen LogP contribution in [-0.2, 0) is 6.61 Å². The van der Waals surface area contributed by atoms with E-state index < -0.39 is 0 Å². The van der Waals surface area contributed by atoms with Gasteiger partial charge in [-0.25, -0.2) is 4.98 Å². The zero-order valence-corrected chi connectivity index (χ0v) is 10.00. The number of aromatic nitrogens is 1. The van der Waals surface area contributed by atoms with Gasteiger partial charge >= 0.3 is 0 Å². The molecule has 0 bridgehead atoms. The summed E-state index contributed by atoms with van der Waals surface area (Å²) in [6.45, 7) is 0.654. The highest BCUT2D eigenvalue weighted by Gasteiger charge is 2.13. The van der Waals surface area contributed by atoms with Gasteiger partial charge in [0.15, 0.2) is 11.5 Å². The van der Waals surface area contributed by atoms with Gasteiger partial charge in [0.05, 0.1) is 0 Å². The van der Waals surface area contributed by atoms with E-state index in [0.717, 1.165) is 17.1 Å². The normalized spacial score (nSPS) is 11.9. The molecule has 5 heteroatoms. The highest BCUT2D eigenvalue weighted by atomic mass is 16.7. The van der Waals surface area contributed by atoms with E-state index in [1.165, 1.54) is 0 Å². The number of nitrogens with zero attached hydrogens (tertiary/aromatic N) is 2. The SMILES string of the molecule is N#Cc1cc(OCc2ccc3c(c2)OCO3)ccn1. The third kappa shape index (κ3) is 2.43. The van der Waals surface area contributed by atoms with Crippen molar-refractivity contribution >= 4 is 0 Å². The number of rotatable bonds is 3. The molecule has 2 aromatic rings. The van der Waals surface area contributed by atoms with E-state index in [1.54, 1.807) is 18.3 Å². The molecule has 0 unspecified atom stereocenters. The molecule has 0 radical (unpaired) electrons. The largest absolute Gasteiger partial charge is 0.489 e. The van der Waals surface area contributed by atoms with Gasteiger partial charge in [0, 0.05) is 12.3 Å². The van der Waals surface area contributed by atoms with E-state index in [1.807, 2.05) is 24.3 Å². The Balaban J connectivity index is 1.70. The summed E-state index contributed by atoms with van der Waals surface area (Å²) in [5.74, 6) is 2.09. The molecule has 0 spiro atoms. The summed E-state index contributed by atoms with van der Waals surface area (Å²) >= 11 is 0. The van der Waals surface area contributed by atoms with E-state index >= 15 is 0 Å². The Bertz CT molecular complexity index is 649. The molecule has 1 aliphatic rings. The highest BCUT2D eigenvalue weighted by molar-refractivity contribution is 5.44. The molecule has 1 aromatic heterocycles. The molecule has 0 N–H and O–H groups in total. The maximum absolute atomic E-state index is 8.75. The van der Waals surface area contributed by atoms with Gasteiger partial charge in [-0.15, -0.1) is 0 Å². The van der Waals surface area contributed by atoms with Crippen molar-refractivity contribution < 1.29 is 14.2 Å². The Morgan fingerprint density at radius 3 is 3.00 bits per heavy atom. The Morgan fingerprint density at radius 1 is 1.21 bits per heavy atom. The Kier molecular flexibility index (Phi) is 2.91. The van der Waals surface area contributed by atoms with Gasteiger partial charge in [-0.1, -0.05) is 6.07 Å². The molecule has 3 rings (SSSR count). The molecular formula is C14H10N2O3. The van der Waals surface area contributed by atoms with Gasteiger partial charge in [-0.3, -0.25) is 0 Å². The van der Waals surface area contributed by atoms with E-state index in [-0.39, 0.29) is 6.79 Å². The van der Waals surface area contributed by atoms with E-state index in [2.05, 4.69) is 4.98 Å². The molecule has 0 atom stereocenters. The first kappa shape index (κ1) is 11.4. The molecular weight excluding hydrogens is 244 g/mol. The molecule has 19 heavy (non-hydrogen) atoms. The van der Waals surface area contributed by atoms with Crippen molar-refractivity contribution in [2.75, 3.05) is 6.79 Å². The van der Waals surface area contributed by atoms with Gasteiger partial charge in [0.1, 0.15) is 24.1 Å². The molecule has 0 saturated carbocycles. The topological polar surface area (TPSA) is 64.4 Å². The zero-order valence-electron chi connectivity index (χ0n) is 10.00. The Morgan fingerprint density at radius 2 is 2.11 bits per heavy atom. The van der Waals surface area contributed by atoms with Gasteiger partial charge in [0.2, 0.25) is 6.79 Å². The second-order valence-electron chi connectivity index (χ2n) is 3.96. The molecule has 0 amide bonds. The van der Waals surface area contributed by atoms with Crippen molar-refractivity contribution in [3.63, 3.8) is 0 Å². The van der Waals surface area contributed by atoms with Crippen LogP contribution in [0.3, 0.4) is 0 Å². The number of benzene rings is 1. The van der Waals surface area contributed by atoms with Crippen molar-refractivity contribution in [3.8, 4) is 23.3 Å². The van der Waals surface area contributed by atoms with Crippen LogP contribution in [0, 0.1) is 11.3 Å². The zero-order chi connectivity index (χ0) is 13.1. The number of ether oxygens (including phenoxy) is 3. The van der Waals surface area contributed by atoms with Crippen LogP contribution in [0.25, 0.3) is 0 Å². The quantitative estimate of drug-likeness (QED) is 0.840. The molecule has 0 saturated heterocycles. The van der Waals surface area contributed by atoms with E-state index in [0.29, 0.717) is 18.1 Å². The number of hydrogen-bond acceptors (Lipinski definition) is 5. The molecule has 1 aromatic carbocycles. The molecule has 94 valence electrons. The van der Waals surface area contributed by atoms with Crippen LogP contribution < -0.4 is 14.2 Å². The lowest BCUT2D eigenvalue weighted by Crippen LogP contribution is -1.96. The van der Waals surface area contributed by atoms with Crippen LogP contribution in [0.15, 0.2) is 36.5 Å². The van der Waals surface area contributed by atoms with Crippen molar-refractivity contribution in [2.24, 2.45) is 0 Å². The first-order valence-electron chi connectivity index (χ1n) is 5.72. The van der Waals surface area contributed by atoms with Crippen molar-refractivity contribution in [3.05, 3.63) is 47.8 Å². The second kappa shape index (κ2) is 4.86. The van der Waals surface area contributed by atoms with Gasteiger partial charge in [-0.2, -0.15) is 5.26 Å². The first-order chi connectivity index (χ1) is 9.35. The monoisotopic (exact) mass is 254 g/mol. The predicted molar refractivity (Wildman–Crippen MR) is 65.8 cm³/mol. The van der Waals surface area contributed by atoms with Crippen molar-refractivity contribution in [1.29, 1.82) is 5.26 Å². The number of nitriles is 1. The third-order valence-electron chi connectivity index (χ3n) is 2.69. The minimum absolute atomic E-state index is 0.259. The van der Waals surface area contributed by atoms with Gasteiger partial charge < -0.3 is 14.2 Å². The van der Waals surface area contributed by atoms with Crippen LogP contribution in [-0.4, -0.2) is 11.8 Å². The second-order valence-corrected chi connectivity index (χ2v) is 3.96. The predicted octanol–water partition coefficient (Wildman–Crippen LogP) is 2.26. The molecule has 0 aliphatic carbocycles. The summed E-state index contributed by atoms with van der Waals surface area (Å²) in [6.07, 6.45) is 1.55. The number of pyridine rings is 1. The lowest BCUT2D eigenvalue weighted by molar-refractivity contribution is 0.174. The maximum Gasteiger partial charge on any atom is 0.231 e. The van der Waals surface area contributed by atoms with Crippen LogP contribution in [0.4, 0.5) is 0 Å². The van der Waals surface area contributed by atoms with Gasteiger partial charge in [-0.05, 0) is 23.8 Å². The first-order valence-corrected chi connectivity index (χ1v) is 5.72. The van der Waals surface area contributed by atoms with Crippen molar-refractivity contribution in [1.82, 2.24) is 4.98 Å². The molecule has 0 fully saturated rings. The lowest BCUT2D eigenvalue weighted by atomic mass is 10.2. The Labute approximate surface area is 110 Å². The minimum atomic E-state index is 0.259. The summed E-state index contributed by atoms with van der Waals surface area (Å²) in [4.78, 5) is 3.88. The fourth-order valence-electron chi connectivity index (χ4n) is 1.76. The summed E-state index contributed by atoms with van der Waals surface area (Å²) in [5, 5.41) is 8.75. The lowest BCUT2D eigenvalue weighted by Gasteiger charge is -2.06. The average molecular weight is 254 g/mol. The summed E-state index contributed by atoms with van der Waals surface area (Å²) in [6, 6.07) is 10.9. The number of hydrogen-bond donors (Lipinski definition) is 0. The van der Waals surface area contributed by atoms with Gasteiger partial charge in [0.25, 0.3) is 0 Å². The fourth-order valence-corrected chi connectivity index (χ4v) is 1.76. The minimum Gasteiger partial charge on any atom is -0.489 e. The average Bonchev–Trinajstić information content (AvgIpc) is 2.93. The summed E-state index contributed by atoms with van der Waals surface area (Å²) in [5.41, 5.74) is 1.31. The van der Waals surface area contributed by atoms with Crippen LogP contribution >= 0.6 is 0 Å². The Hall–Kier alpha value is -2.74. The fraction of sp³-hybridized carbons (Fsp3) is 0.143. The van der Waals surface area contributed by atoms with Crippen LogP contribution in [0.2, 0.25) is 0 Å². The van der Waals surface area contributed by atoms with E-state index in [4.69, 9.17) is 19.5 Å². The number of fused-ring (bicyclic) bond motifs is 1. The third-order valence-corrected chi connectivity index (χ3v) is 2.69. The van der Waals surface area contributed by atoms with Crippen LogP contribution in [0.1, 0.15) is 11.3 Å². The van der Waals surface area contributed by atoms with Crippen LogP contribution in [0.5, 0.6) is 17.2 Å². The maximum atomic E-state index is 8.75. The molecule has 1 aliphatic heterocycles.